The molecular formula is C12H11BrN2O. The van der Waals surface area contributed by atoms with Crippen molar-refractivity contribution in [1.29, 1.82) is 0 Å². The zero-order valence-electron chi connectivity index (χ0n) is 8.77. The molecule has 1 N–H and O–H groups in total. The topological polar surface area (TPSA) is 34.1 Å². The van der Waals surface area contributed by atoms with Crippen molar-refractivity contribution < 1.29 is 4.74 Å². The SMILES string of the molecule is COc1cccc(Nc2ccc(Br)cn2)c1. The number of hydrogen-bond donors (Lipinski definition) is 1. The lowest BCUT2D eigenvalue weighted by molar-refractivity contribution is 0.415. The Balaban J connectivity index is 2.16. The first-order chi connectivity index (χ1) is 7.78. The highest BCUT2D eigenvalue weighted by Gasteiger charge is 1.97. The minimum Gasteiger partial charge on any atom is -0.497 e. The Labute approximate surface area is 103 Å². The van der Waals surface area contributed by atoms with Crippen molar-refractivity contribution in [2.75, 3.05) is 12.4 Å². The molecule has 16 heavy (non-hydrogen) atoms. The Hall–Kier alpha value is -1.55. The molecule has 0 aliphatic heterocycles. The maximum atomic E-state index is 5.14. The van der Waals surface area contributed by atoms with Gasteiger partial charge in [-0.3, -0.25) is 0 Å². The number of benzene rings is 1. The van der Waals surface area contributed by atoms with Gasteiger partial charge in [-0.1, -0.05) is 6.07 Å². The lowest BCUT2D eigenvalue weighted by Gasteiger charge is -2.06. The number of aromatic nitrogens is 1. The van der Waals surface area contributed by atoms with Crippen LogP contribution in [0.3, 0.4) is 0 Å². The molecule has 0 saturated carbocycles. The third kappa shape index (κ3) is 2.73. The largest absolute Gasteiger partial charge is 0.497 e. The first-order valence-corrected chi connectivity index (χ1v) is 5.60. The summed E-state index contributed by atoms with van der Waals surface area (Å²) in [5.41, 5.74) is 0.953. The lowest BCUT2D eigenvalue weighted by atomic mass is 10.3. The summed E-state index contributed by atoms with van der Waals surface area (Å²) < 4.78 is 6.11. The first kappa shape index (κ1) is 11.0. The average Bonchev–Trinajstić information content (AvgIpc) is 2.32. The van der Waals surface area contributed by atoms with Crippen molar-refractivity contribution in [3.05, 3.63) is 47.1 Å². The smallest absolute Gasteiger partial charge is 0.130 e. The minimum atomic E-state index is 0.802. The maximum absolute atomic E-state index is 5.14. The predicted molar refractivity (Wildman–Crippen MR) is 68.2 cm³/mol. The first-order valence-electron chi connectivity index (χ1n) is 4.80. The van der Waals surface area contributed by atoms with Gasteiger partial charge in [0.2, 0.25) is 0 Å². The van der Waals surface area contributed by atoms with Gasteiger partial charge in [-0.2, -0.15) is 0 Å². The number of nitrogens with zero attached hydrogens (tertiary/aromatic N) is 1. The molecule has 0 bridgehead atoms. The van der Waals surface area contributed by atoms with Gasteiger partial charge in [0.15, 0.2) is 0 Å². The molecule has 0 radical (unpaired) electrons. The van der Waals surface area contributed by atoms with Crippen LogP contribution in [0.5, 0.6) is 5.75 Å². The maximum Gasteiger partial charge on any atom is 0.130 e. The summed E-state index contributed by atoms with van der Waals surface area (Å²) in [5.74, 6) is 1.62. The Morgan fingerprint density at radius 1 is 1.25 bits per heavy atom. The molecule has 0 amide bonds. The van der Waals surface area contributed by atoms with Crippen LogP contribution in [0.2, 0.25) is 0 Å². The van der Waals surface area contributed by atoms with E-state index in [1.807, 2.05) is 36.4 Å². The highest BCUT2D eigenvalue weighted by Crippen LogP contribution is 2.20. The molecule has 0 unspecified atom stereocenters. The van der Waals surface area contributed by atoms with E-state index in [4.69, 9.17) is 4.74 Å². The lowest BCUT2D eigenvalue weighted by Crippen LogP contribution is -1.93. The van der Waals surface area contributed by atoms with Gasteiger partial charge in [0.05, 0.1) is 7.11 Å². The predicted octanol–water partition coefficient (Wildman–Crippen LogP) is 3.60. The highest BCUT2D eigenvalue weighted by atomic mass is 79.9. The summed E-state index contributed by atoms with van der Waals surface area (Å²) in [6.45, 7) is 0. The minimum absolute atomic E-state index is 0.802. The third-order valence-corrected chi connectivity index (χ3v) is 2.54. The molecule has 0 saturated heterocycles. The van der Waals surface area contributed by atoms with E-state index in [0.717, 1.165) is 21.7 Å². The molecular weight excluding hydrogens is 268 g/mol. The fraction of sp³-hybridized carbons (Fsp3) is 0.0833. The van der Waals surface area contributed by atoms with Crippen molar-refractivity contribution >= 4 is 27.4 Å². The summed E-state index contributed by atoms with van der Waals surface area (Å²) >= 11 is 3.34. The Kier molecular flexibility index (Phi) is 3.41. The average molecular weight is 279 g/mol. The van der Waals surface area contributed by atoms with Gasteiger partial charge < -0.3 is 10.1 Å². The second kappa shape index (κ2) is 4.99. The number of methoxy groups -OCH3 is 1. The zero-order chi connectivity index (χ0) is 11.4. The molecule has 2 aromatic rings. The van der Waals surface area contributed by atoms with Crippen LogP contribution in [0.1, 0.15) is 0 Å². The molecule has 4 heteroatoms. The quantitative estimate of drug-likeness (QED) is 0.932. The summed E-state index contributed by atoms with van der Waals surface area (Å²) in [5, 5.41) is 3.19. The third-order valence-electron chi connectivity index (χ3n) is 2.07. The monoisotopic (exact) mass is 278 g/mol. The number of rotatable bonds is 3. The molecule has 0 aliphatic carbocycles. The summed E-state index contributed by atoms with van der Waals surface area (Å²) in [7, 11) is 1.65. The molecule has 3 nitrogen and oxygen atoms in total. The van der Waals surface area contributed by atoms with Crippen molar-refractivity contribution in [2.45, 2.75) is 0 Å². The van der Waals surface area contributed by atoms with Gasteiger partial charge in [0.1, 0.15) is 11.6 Å². The standard InChI is InChI=1S/C12H11BrN2O/c1-16-11-4-2-3-10(7-11)15-12-6-5-9(13)8-14-12/h2-8H,1H3,(H,14,15). The number of hydrogen-bond acceptors (Lipinski definition) is 3. The molecule has 1 heterocycles. The van der Waals surface area contributed by atoms with E-state index in [1.165, 1.54) is 0 Å². The van der Waals surface area contributed by atoms with Crippen LogP contribution in [0, 0.1) is 0 Å². The van der Waals surface area contributed by atoms with Gasteiger partial charge in [0, 0.05) is 22.4 Å². The van der Waals surface area contributed by atoms with E-state index in [2.05, 4.69) is 26.2 Å². The van der Waals surface area contributed by atoms with E-state index in [9.17, 15) is 0 Å². The van der Waals surface area contributed by atoms with Gasteiger partial charge in [-0.05, 0) is 40.2 Å². The highest BCUT2D eigenvalue weighted by molar-refractivity contribution is 9.10. The molecule has 1 aromatic carbocycles. The van der Waals surface area contributed by atoms with Gasteiger partial charge in [-0.25, -0.2) is 4.98 Å². The number of pyridine rings is 1. The summed E-state index contributed by atoms with van der Waals surface area (Å²) in [4.78, 5) is 4.23. The Bertz CT molecular complexity index is 471. The van der Waals surface area contributed by atoms with E-state index in [0.29, 0.717) is 0 Å². The zero-order valence-corrected chi connectivity index (χ0v) is 10.4. The molecule has 2 rings (SSSR count). The van der Waals surface area contributed by atoms with E-state index >= 15 is 0 Å². The normalized spacial score (nSPS) is 9.88. The van der Waals surface area contributed by atoms with E-state index in [-0.39, 0.29) is 0 Å². The van der Waals surface area contributed by atoms with Crippen LogP contribution in [-0.4, -0.2) is 12.1 Å². The summed E-state index contributed by atoms with van der Waals surface area (Å²) in [6, 6.07) is 11.6. The van der Waals surface area contributed by atoms with Crippen LogP contribution in [0.15, 0.2) is 47.1 Å². The Morgan fingerprint density at radius 3 is 2.81 bits per heavy atom. The molecule has 0 atom stereocenters. The summed E-state index contributed by atoms with van der Waals surface area (Å²) in [6.07, 6.45) is 1.75. The van der Waals surface area contributed by atoms with Crippen molar-refractivity contribution in [3.63, 3.8) is 0 Å². The van der Waals surface area contributed by atoms with Gasteiger partial charge in [-0.15, -0.1) is 0 Å². The van der Waals surface area contributed by atoms with Gasteiger partial charge in [0.25, 0.3) is 0 Å². The molecule has 0 aliphatic rings. The van der Waals surface area contributed by atoms with Crippen molar-refractivity contribution in [2.24, 2.45) is 0 Å². The second-order valence-electron chi connectivity index (χ2n) is 3.22. The number of halogens is 1. The van der Waals surface area contributed by atoms with Crippen LogP contribution < -0.4 is 10.1 Å². The molecule has 82 valence electrons. The molecule has 1 aromatic heterocycles. The van der Waals surface area contributed by atoms with Gasteiger partial charge >= 0.3 is 0 Å². The molecule has 0 fully saturated rings. The number of anilines is 2. The Morgan fingerprint density at radius 2 is 2.12 bits per heavy atom. The van der Waals surface area contributed by atoms with Crippen molar-refractivity contribution in [1.82, 2.24) is 4.98 Å². The number of nitrogens with one attached hydrogen (secondary N) is 1. The van der Waals surface area contributed by atoms with Crippen molar-refractivity contribution in [3.8, 4) is 5.75 Å². The van der Waals surface area contributed by atoms with Crippen LogP contribution in [0.25, 0.3) is 0 Å². The van der Waals surface area contributed by atoms with E-state index in [1.54, 1.807) is 13.3 Å². The second-order valence-corrected chi connectivity index (χ2v) is 4.13. The number of ether oxygens (including phenoxy) is 1. The molecule has 0 spiro atoms. The van der Waals surface area contributed by atoms with Crippen LogP contribution in [-0.2, 0) is 0 Å². The fourth-order valence-corrected chi connectivity index (χ4v) is 1.53. The van der Waals surface area contributed by atoms with E-state index < -0.39 is 0 Å². The fourth-order valence-electron chi connectivity index (χ4n) is 1.30. The van der Waals surface area contributed by atoms with Crippen LogP contribution in [0.4, 0.5) is 11.5 Å². The van der Waals surface area contributed by atoms with Crippen LogP contribution >= 0.6 is 15.9 Å².